The van der Waals surface area contributed by atoms with Crippen LogP contribution in [0, 0.1) is 0 Å². The number of nitrogens with zero attached hydrogens (tertiary/aromatic N) is 1. The monoisotopic (exact) mass is 474 g/mol. The zero-order chi connectivity index (χ0) is 23.3. The summed E-state index contributed by atoms with van der Waals surface area (Å²) in [6, 6.07) is 10.2. The van der Waals surface area contributed by atoms with Crippen molar-refractivity contribution in [2.24, 2.45) is 0 Å². The van der Waals surface area contributed by atoms with Gasteiger partial charge in [-0.2, -0.15) is 4.31 Å². The highest BCUT2D eigenvalue weighted by atomic mass is 32.2. The molecule has 2 heterocycles. The lowest BCUT2D eigenvalue weighted by atomic mass is 10.1. The zero-order valence-corrected chi connectivity index (χ0v) is 19.7. The summed E-state index contributed by atoms with van der Waals surface area (Å²) in [5.74, 6) is 1.39. The fourth-order valence-corrected chi connectivity index (χ4v) is 5.66. The van der Waals surface area contributed by atoms with Crippen molar-refractivity contribution in [1.29, 1.82) is 0 Å². The van der Waals surface area contributed by atoms with Crippen LogP contribution >= 0.6 is 0 Å². The second kappa shape index (κ2) is 10.4. The van der Waals surface area contributed by atoms with E-state index < -0.39 is 10.0 Å². The Kier molecular flexibility index (Phi) is 7.39. The third-order valence-electron chi connectivity index (χ3n) is 5.92. The Labute approximate surface area is 194 Å². The molecule has 1 N–H and O–H groups in total. The number of carbonyl (C=O) groups is 1. The lowest BCUT2D eigenvalue weighted by Crippen LogP contribution is -2.32. The van der Waals surface area contributed by atoms with Gasteiger partial charge in [-0.3, -0.25) is 4.79 Å². The highest BCUT2D eigenvalue weighted by molar-refractivity contribution is 7.89. The molecule has 0 radical (unpaired) electrons. The van der Waals surface area contributed by atoms with Crippen LogP contribution < -0.4 is 19.5 Å². The molecule has 0 aromatic heterocycles. The van der Waals surface area contributed by atoms with E-state index >= 15 is 0 Å². The van der Waals surface area contributed by atoms with Gasteiger partial charge in [-0.05, 0) is 55.2 Å². The molecule has 0 saturated carbocycles. The molecule has 0 unspecified atom stereocenters. The van der Waals surface area contributed by atoms with E-state index in [9.17, 15) is 13.2 Å². The molecule has 1 saturated heterocycles. The van der Waals surface area contributed by atoms with Gasteiger partial charge in [0, 0.05) is 19.6 Å². The van der Waals surface area contributed by atoms with Gasteiger partial charge in [-0.15, -0.1) is 0 Å². The molecule has 0 bridgehead atoms. The topological polar surface area (TPSA) is 94.2 Å². The first-order valence-electron chi connectivity index (χ1n) is 11.3. The second-order valence-corrected chi connectivity index (χ2v) is 10.1. The predicted octanol–water partition coefficient (Wildman–Crippen LogP) is 3.00. The van der Waals surface area contributed by atoms with E-state index in [4.69, 9.17) is 14.2 Å². The van der Waals surface area contributed by atoms with Crippen LogP contribution in [0.1, 0.15) is 41.6 Å². The average Bonchev–Trinajstić information content (AvgIpc) is 3.14. The fraction of sp³-hybridized carbons (Fsp3) is 0.458. The molecule has 0 aliphatic carbocycles. The molecule has 9 heteroatoms. The normalized spacial score (nSPS) is 16.6. The quantitative estimate of drug-likeness (QED) is 0.663. The van der Waals surface area contributed by atoms with Crippen LogP contribution in [0.3, 0.4) is 0 Å². The Morgan fingerprint density at radius 2 is 1.73 bits per heavy atom. The highest BCUT2D eigenvalue weighted by Gasteiger charge is 2.27. The minimum atomic E-state index is -3.67. The van der Waals surface area contributed by atoms with Crippen molar-refractivity contribution in [3.8, 4) is 17.2 Å². The summed E-state index contributed by atoms with van der Waals surface area (Å²) in [5.41, 5.74) is 1.21. The molecule has 0 spiro atoms. The first-order chi connectivity index (χ1) is 16.0. The number of carbonyl (C=O) groups excluding carboxylic acids is 1. The zero-order valence-electron chi connectivity index (χ0n) is 18.8. The number of fused-ring (bicyclic) bond motifs is 1. The van der Waals surface area contributed by atoms with E-state index in [1.54, 1.807) is 6.07 Å². The SMILES string of the molecule is COc1ccc(S(=O)(=O)N2CCCCCC2)cc1C(=O)NCCc1ccc2c(c1)OCCO2. The standard InChI is InChI=1S/C24H30N2O6S/c1-30-21-9-7-19(33(28,29)26-12-4-2-3-5-13-26)17-20(21)24(27)25-11-10-18-6-8-22-23(16-18)32-15-14-31-22/h6-9,16-17H,2-5,10-15H2,1H3,(H,25,27). The van der Waals surface area contributed by atoms with Gasteiger partial charge < -0.3 is 19.5 Å². The summed E-state index contributed by atoms with van der Waals surface area (Å²) in [5, 5.41) is 2.87. The smallest absolute Gasteiger partial charge is 0.255 e. The van der Waals surface area contributed by atoms with Crippen molar-refractivity contribution in [2.75, 3.05) is 40.0 Å². The van der Waals surface area contributed by atoms with Gasteiger partial charge in [0.1, 0.15) is 19.0 Å². The van der Waals surface area contributed by atoms with Gasteiger partial charge in [-0.1, -0.05) is 18.9 Å². The Morgan fingerprint density at radius 1 is 1.00 bits per heavy atom. The van der Waals surface area contributed by atoms with Crippen LogP contribution in [0.2, 0.25) is 0 Å². The molecule has 1 amide bonds. The maximum atomic E-state index is 13.2. The van der Waals surface area contributed by atoms with Crippen LogP contribution in [0.4, 0.5) is 0 Å². The average molecular weight is 475 g/mol. The van der Waals surface area contributed by atoms with E-state index in [1.807, 2.05) is 18.2 Å². The van der Waals surface area contributed by atoms with Crippen molar-refractivity contribution >= 4 is 15.9 Å². The fourth-order valence-electron chi connectivity index (χ4n) is 4.11. The number of hydrogen-bond acceptors (Lipinski definition) is 6. The Balaban J connectivity index is 1.45. The number of hydrogen-bond donors (Lipinski definition) is 1. The van der Waals surface area contributed by atoms with Gasteiger partial charge in [0.2, 0.25) is 10.0 Å². The summed E-state index contributed by atoms with van der Waals surface area (Å²) < 4.78 is 44.3. The van der Waals surface area contributed by atoms with Crippen molar-refractivity contribution < 1.29 is 27.4 Å². The van der Waals surface area contributed by atoms with E-state index in [0.717, 1.165) is 37.0 Å². The van der Waals surface area contributed by atoms with Crippen molar-refractivity contribution in [3.63, 3.8) is 0 Å². The maximum absolute atomic E-state index is 13.2. The Bertz CT molecular complexity index is 1090. The third kappa shape index (κ3) is 5.42. The molecule has 2 aromatic carbocycles. The largest absolute Gasteiger partial charge is 0.496 e. The predicted molar refractivity (Wildman–Crippen MR) is 124 cm³/mol. The molecule has 8 nitrogen and oxygen atoms in total. The summed E-state index contributed by atoms with van der Waals surface area (Å²) in [4.78, 5) is 13.0. The number of benzene rings is 2. The van der Waals surface area contributed by atoms with E-state index in [1.165, 1.54) is 23.5 Å². The second-order valence-electron chi connectivity index (χ2n) is 8.16. The Morgan fingerprint density at radius 3 is 2.45 bits per heavy atom. The third-order valence-corrected chi connectivity index (χ3v) is 7.82. The number of nitrogens with one attached hydrogen (secondary N) is 1. The summed E-state index contributed by atoms with van der Waals surface area (Å²) >= 11 is 0. The van der Waals surface area contributed by atoms with Crippen LogP contribution in [-0.2, 0) is 16.4 Å². The summed E-state index contributed by atoms with van der Waals surface area (Å²) in [6.45, 7) is 2.45. The van der Waals surface area contributed by atoms with Crippen LogP contribution in [0.15, 0.2) is 41.3 Å². The highest BCUT2D eigenvalue weighted by Crippen LogP contribution is 2.31. The van der Waals surface area contributed by atoms with Crippen molar-refractivity contribution in [2.45, 2.75) is 37.0 Å². The van der Waals surface area contributed by atoms with Crippen LogP contribution in [0.5, 0.6) is 17.2 Å². The lowest BCUT2D eigenvalue weighted by molar-refractivity contribution is 0.0951. The van der Waals surface area contributed by atoms with Crippen LogP contribution in [0.25, 0.3) is 0 Å². The molecule has 4 rings (SSSR count). The molecular formula is C24H30N2O6S. The van der Waals surface area contributed by atoms with Crippen LogP contribution in [-0.4, -0.2) is 58.6 Å². The van der Waals surface area contributed by atoms with Gasteiger partial charge in [0.15, 0.2) is 11.5 Å². The maximum Gasteiger partial charge on any atom is 0.255 e. The minimum Gasteiger partial charge on any atom is -0.496 e. The van der Waals surface area contributed by atoms with Crippen molar-refractivity contribution in [1.82, 2.24) is 9.62 Å². The number of methoxy groups -OCH3 is 1. The number of rotatable bonds is 7. The first kappa shape index (κ1) is 23.4. The van der Waals surface area contributed by atoms with E-state index in [0.29, 0.717) is 50.8 Å². The molecule has 178 valence electrons. The molecule has 2 aliphatic rings. The molecular weight excluding hydrogens is 444 g/mol. The van der Waals surface area contributed by atoms with Gasteiger partial charge >= 0.3 is 0 Å². The summed E-state index contributed by atoms with van der Waals surface area (Å²) in [7, 11) is -2.20. The number of ether oxygens (including phenoxy) is 3. The molecule has 1 fully saturated rings. The first-order valence-corrected chi connectivity index (χ1v) is 12.8. The molecule has 0 atom stereocenters. The van der Waals surface area contributed by atoms with Gasteiger partial charge in [-0.25, -0.2) is 8.42 Å². The number of amides is 1. The van der Waals surface area contributed by atoms with E-state index in [2.05, 4.69) is 5.32 Å². The number of sulfonamides is 1. The van der Waals surface area contributed by atoms with E-state index in [-0.39, 0.29) is 16.4 Å². The summed E-state index contributed by atoms with van der Waals surface area (Å²) in [6.07, 6.45) is 4.36. The van der Waals surface area contributed by atoms with Gasteiger partial charge in [0.05, 0.1) is 17.6 Å². The molecule has 33 heavy (non-hydrogen) atoms. The van der Waals surface area contributed by atoms with Crippen molar-refractivity contribution in [3.05, 3.63) is 47.5 Å². The Hall–Kier alpha value is -2.78. The van der Waals surface area contributed by atoms with Gasteiger partial charge in [0.25, 0.3) is 5.91 Å². The molecule has 2 aromatic rings. The lowest BCUT2D eigenvalue weighted by Gasteiger charge is -2.21. The minimum absolute atomic E-state index is 0.113. The molecule has 2 aliphatic heterocycles.